The smallest absolute Gasteiger partial charge is 0.185 e. The molecule has 0 aliphatic heterocycles. The van der Waals surface area contributed by atoms with E-state index in [0.717, 1.165) is 11.5 Å². The Morgan fingerprint density at radius 2 is 2.33 bits per heavy atom. The summed E-state index contributed by atoms with van der Waals surface area (Å²) in [4.78, 5) is 18.3. The third-order valence-corrected chi connectivity index (χ3v) is 2.02. The summed E-state index contributed by atoms with van der Waals surface area (Å²) in [5, 5.41) is 9.27. The van der Waals surface area contributed by atoms with E-state index in [4.69, 9.17) is 0 Å². The van der Waals surface area contributed by atoms with Crippen LogP contribution in [0.2, 0.25) is 0 Å². The van der Waals surface area contributed by atoms with Crippen molar-refractivity contribution in [1.82, 2.24) is 9.97 Å². The first-order chi connectivity index (χ1) is 5.66. The number of H-pyrrole nitrogens is 1. The number of nitrogens with one attached hydrogen (secondary N) is 1. The first-order valence-electron chi connectivity index (χ1n) is 3.93. The van der Waals surface area contributed by atoms with Crippen LogP contribution in [0.1, 0.15) is 28.4 Å². The number of nitrogens with zero attached hydrogens (tertiary/aromatic N) is 1. The maximum atomic E-state index is 11.3. The second-order valence-electron chi connectivity index (χ2n) is 3.13. The van der Waals surface area contributed by atoms with E-state index in [1.165, 1.54) is 0 Å². The van der Waals surface area contributed by atoms with Crippen molar-refractivity contribution in [3.05, 3.63) is 17.2 Å². The number of rotatable bonds is 0. The van der Waals surface area contributed by atoms with Crippen molar-refractivity contribution >= 4 is 5.78 Å². The van der Waals surface area contributed by atoms with Gasteiger partial charge in [-0.05, 0) is 6.92 Å². The number of carbonyl (C=O) groups excluding carboxylic acids is 1. The summed E-state index contributed by atoms with van der Waals surface area (Å²) in [6, 6.07) is 0. The molecule has 1 aromatic rings. The number of fused-ring (bicyclic) bond motifs is 1. The molecule has 1 aliphatic rings. The van der Waals surface area contributed by atoms with Crippen molar-refractivity contribution in [3.63, 3.8) is 0 Å². The number of hydrogen-bond acceptors (Lipinski definition) is 3. The van der Waals surface area contributed by atoms with Crippen LogP contribution in [0, 0.1) is 6.92 Å². The Balaban J connectivity index is 2.46. The molecule has 0 spiro atoms. The average molecular weight is 166 g/mol. The van der Waals surface area contributed by atoms with Crippen LogP contribution < -0.4 is 0 Å². The number of aromatic amines is 1. The summed E-state index contributed by atoms with van der Waals surface area (Å²) < 4.78 is 0. The zero-order valence-corrected chi connectivity index (χ0v) is 6.79. The highest BCUT2D eigenvalue weighted by Gasteiger charge is 2.26. The van der Waals surface area contributed by atoms with Gasteiger partial charge in [0.1, 0.15) is 11.5 Å². The van der Waals surface area contributed by atoms with Crippen LogP contribution in [0.15, 0.2) is 0 Å². The van der Waals surface area contributed by atoms with Gasteiger partial charge in [-0.15, -0.1) is 0 Å². The number of aryl methyl sites for hydroxylation is 1. The maximum Gasteiger partial charge on any atom is 0.185 e. The lowest BCUT2D eigenvalue weighted by Crippen LogP contribution is -2.23. The monoisotopic (exact) mass is 166 g/mol. The fraction of sp³-hybridized carbons (Fsp3) is 0.500. The quantitative estimate of drug-likeness (QED) is 0.579. The predicted octanol–water partition coefficient (Wildman–Crippen LogP) is 0.208. The van der Waals surface area contributed by atoms with E-state index in [1.807, 2.05) is 0 Å². The van der Waals surface area contributed by atoms with E-state index in [2.05, 4.69) is 9.97 Å². The van der Waals surface area contributed by atoms with Gasteiger partial charge in [0.15, 0.2) is 5.78 Å². The molecule has 0 bridgehead atoms. The van der Waals surface area contributed by atoms with Crippen molar-refractivity contribution in [2.24, 2.45) is 0 Å². The molecule has 4 nitrogen and oxygen atoms in total. The molecule has 2 rings (SSSR count). The average Bonchev–Trinajstić information content (AvgIpc) is 2.29. The third kappa shape index (κ3) is 1.04. The van der Waals surface area contributed by atoms with Crippen LogP contribution in [-0.2, 0) is 6.42 Å². The highest BCUT2D eigenvalue weighted by Crippen LogP contribution is 2.18. The Morgan fingerprint density at radius 3 is 3.08 bits per heavy atom. The molecular weight excluding hydrogens is 156 g/mol. The predicted molar refractivity (Wildman–Crippen MR) is 42.0 cm³/mol. The van der Waals surface area contributed by atoms with E-state index in [9.17, 15) is 9.90 Å². The third-order valence-electron chi connectivity index (χ3n) is 2.02. The van der Waals surface area contributed by atoms with Crippen molar-refractivity contribution in [2.45, 2.75) is 25.9 Å². The lowest BCUT2D eigenvalue weighted by molar-refractivity contribution is 0.0846. The fourth-order valence-corrected chi connectivity index (χ4v) is 1.54. The number of ketones is 1. The van der Waals surface area contributed by atoms with Crippen LogP contribution in [-0.4, -0.2) is 27.0 Å². The van der Waals surface area contributed by atoms with Gasteiger partial charge in [0.05, 0.1) is 6.10 Å². The van der Waals surface area contributed by atoms with E-state index in [0.29, 0.717) is 12.1 Å². The van der Waals surface area contributed by atoms with E-state index in [-0.39, 0.29) is 12.2 Å². The lowest BCUT2D eigenvalue weighted by Gasteiger charge is -2.14. The topological polar surface area (TPSA) is 66.0 Å². The molecule has 1 atom stereocenters. The number of carbonyl (C=O) groups is 1. The van der Waals surface area contributed by atoms with Crippen molar-refractivity contribution in [3.8, 4) is 0 Å². The first kappa shape index (κ1) is 7.49. The Labute approximate surface area is 69.6 Å². The number of aliphatic hydroxyl groups is 1. The molecule has 0 aromatic carbocycles. The van der Waals surface area contributed by atoms with Crippen molar-refractivity contribution in [1.29, 1.82) is 0 Å². The molecule has 12 heavy (non-hydrogen) atoms. The Hall–Kier alpha value is -1.16. The fourth-order valence-electron chi connectivity index (χ4n) is 1.54. The van der Waals surface area contributed by atoms with Crippen LogP contribution in [0.5, 0.6) is 0 Å². The molecule has 1 heterocycles. The summed E-state index contributed by atoms with van der Waals surface area (Å²) >= 11 is 0. The summed E-state index contributed by atoms with van der Waals surface area (Å²) in [5.41, 5.74) is 1.29. The number of hydrogen-bond donors (Lipinski definition) is 2. The van der Waals surface area contributed by atoms with Crippen LogP contribution >= 0.6 is 0 Å². The van der Waals surface area contributed by atoms with E-state index in [1.54, 1.807) is 6.92 Å². The minimum Gasteiger partial charge on any atom is -0.392 e. The van der Waals surface area contributed by atoms with Gasteiger partial charge in [-0.25, -0.2) is 4.98 Å². The largest absolute Gasteiger partial charge is 0.392 e. The van der Waals surface area contributed by atoms with Gasteiger partial charge in [-0.2, -0.15) is 0 Å². The van der Waals surface area contributed by atoms with Gasteiger partial charge < -0.3 is 10.1 Å². The van der Waals surface area contributed by atoms with Gasteiger partial charge >= 0.3 is 0 Å². The molecule has 0 saturated carbocycles. The standard InChI is InChI=1S/C8H10N2O2/c1-4-9-6-2-5(11)3-7(12)8(6)10-4/h5,11H,2-3H2,1H3,(H,9,10). The summed E-state index contributed by atoms with van der Waals surface area (Å²) in [5.74, 6) is 0.676. The van der Waals surface area contributed by atoms with Gasteiger partial charge in [0.25, 0.3) is 0 Å². The molecule has 0 radical (unpaired) electrons. The highest BCUT2D eigenvalue weighted by atomic mass is 16.3. The molecule has 1 aromatic heterocycles. The lowest BCUT2D eigenvalue weighted by atomic mass is 9.97. The normalized spacial score (nSPS) is 22.5. The number of aromatic nitrogens is 2. The minimum absolute atomic E-state index is 0.0619. The molecule has 4 heteroatoms. The zero-order valence-electron chi connectivity index (χ0n) is 6.79. The van der Waals surface area contributed by atoms with Gasteiger partial charge in [-0.1, -0.05) is 0 Å². The van der Waals surface area contributed by atoms with Gasteiger partial charge in [0.2, 0.25) is 0 Å². The Kier molecular flexibility index (Phi) is 1.51. The number of imidazole rings is 1. The summed E-state index contributed by atoms with van der Waals surface area (Å²) in [6.07, 6.45) is 0.184. The Bertz CT molecular complexity index is 330. The summed E-state index contributed by atoms with van der Waals surface area (Å²) in [6.45, 7) is 1.80. The SMILES string of the molecule is Cc1nc2c([nH]1)CC(O)CC2=O. The highest BCUT2D eigenvalue weighted by molar-refractivity contribution is 5.96. The number of Topliss-reactive ketones (excluding diaryl/α,β-unsaturated/α-hetero) is 1. The van der Waals surface area contributed by atoms with E-state index >= 15 is 0 Å². The van der Waals surface area contributed by atoms with Crippen molar-refractivity contribution < 1.29 is 9.90 Å². The molecular formula is C8H10N2O2. The molecule has 2 N–H and O–H groups in total. The van der Waals surface area contributed by atoms with E-state index < -0.39 is 6.10 Å². The Morgan fingerprint density at radius 1 is 1.58 bits per heavy atom. The molecule has 0 fully saturated rings. The van der Waals surface area contributed by atoms with Crippen LogP contribution in [0.3, 0.4) is 0 Å². The summed E-state index contributed by atoms with van der Waals surface area (Å²) in [7, 11) is 0. The second kappa shape index (κ2) is 2.42. The van der Waals surface area contributed by atoms with Gasteiger partial charge in [0, 0.05) is 18.5 Å². The molecule has 0 amide bonds. The molecule has 64 valence electrons. The van der Waals surface area contributed by atoms with Gasteiger partial charge in [-0.3, -0.25) is 4.79 Å². The maximum absolute atomic E-state index is 11.3. The second-order valence-corrected chi connectivity index (χ2v) is 3.13. The molecule has 0 saturated heterocycles. The van der Waals surface area contributed by atoms with Crippen LogP contribution in [0.25, 0.3) is 0 Å². The minimum atomic E-state index is -0.537. The first-order valence-corrected chi connectivity index (χ1v) is 3.93. The van der Waals surface area contributed by atoms with Crippen LogP contribution in [0.4, 0.5) is 0 Å². The number of aliphatic hydroxyl groups excluding tert-OH is 1. The zero-order chi connectivity index (χ0) is 8.72. The van der Waals surface area contributed by atoms with Crippen molar-refractivity contribution in [2.75, 3.05) is 0 Å². The molecule has 1 aliphatic carbocycles. The molecule has 1 unspecified atom stereocenters.